The van der Waals surface area contributed by atoms with Crippen LogP contribution in [0.25, 0.3) is 0 Å². The second kappa shape index (κ2) is 12.5. The number of hydrogen-bond acceptors (Lipinski definition) is 4. The fourth-order valence-electron chi connectivity index (χ4n) is 2.78. The molecule has 1 aliphatic rings. The summed E-state index contributed by atoms with van der Waals surface area (Å²) in [6.45, 7) is 7.83. The molecule has 1 aliphatic heterocycles. The van der Waals surface area contributed by atoms with Crippen LogP contribution in [0.4, 0.5) is 0 Å². The van der Waals surface area contributed by atoms with E-state index in [9.17, 15) is 0 Å². The van der Waals surface area contributed by atoms with E-state index in [1.165, 1.54) is 5.56 Å². The standard InChI is InChI=1S/C20H33N3O3/c1-3-21-20(22-11-4-13-25-15-18-10-14-26-16-18)23-12-9-17-5-7-19(24-2)8-6-17/h5-8,18H,3-4,9-16H2,1-2H3,(H2,21,22,23). The molecule has 0 spiro atoms. The minimum absolute atomic E-state index is 0.579. The number of aliphatic imine (C=N–C) groups is 1. The van der Waals surface area contributed by atoms with E-state index in [0.717, 1.165) is 77.0 Å². The molecule has 146 valence electrons. The number of nitrogens with one attached hydrogen (secondary N) is 2. The second-order valence-electron chi connectivity index (χ2n) is 6.44. The molecule has 1 aromatic rings. The van der Waals surface area contributed by atoms with E-state index >= 15 is 0 Å². The molecule has 26 heavy (non-hydrogen) atoms. The third kappa shape index (κ3) is 8.06. The molecule has 0 amide bonds. The van der Waals surface area contributed by atoms with Gasteiger partial charge >= 0.3 is 0 Å². The summed E-state index contributed by atoms with van der Waals surface area (Å²) in [5.41, 5.74) is 1.28. The number of guanidine groups is 1. The van der Waals surface area contributed by atoms with Gasteiger partial charge in [-0.25, -0.2) is 0 Å². The molecular weight excluding hydrogens is 330 g/mol. The van der Waals surface area contributed by atoms with Crippen molar-refractivity contribution in [3.63, 3.8) is 0 Å². The van der Waals surface area contributed by atoms with Crippen molar-refractivity contribution in [2.75, 3.05) is 53.2 Å². The first-order valence-corrected chi connectivity index (χ1v) is 9.62. The fourth-order valence-corrected chi connectivity index (χ4v) is 2.78. The topological polar surface area (TPSA) is 64.1 Å². The highest BCUT2D eigenvalue weighted by Gasteiger charge is 2.15. The molecule has 0 radical (unpaired) electrons. The Morgan fingerprint density at radius 2 is 2.12 bits per heavy atom. The summed E-state index contributed by atoms with van der Waals surface area (Å²) >= 11 is 0. The van der Waals surface area contributed by atoms with Crippen molar-refractivity contribution < 1.29 is 14.2 Å². The van der Waals surface area contributed by atoms with Gasteiger partial charge in [-0.15, -0.1) is 0 Å². The molecule has 1 heterocycles. The predicted molar refractivity (Wildman–Crippen MR) is 105 cm³/mol. The first-order chi connectivity index (χ1) is 12.8. The van der Waals surface area contributed by atoms with Crippen molar-refractivity contribution in [3.8, 4) is 5.75 Å². The Labute approximate surface area is 157 Å². The Bertz CT molecular complexity index is 514. The van der Waals surface area contributed by atoms with E-state index in [1.807, 2.05) is 12.1 Å². The average Bonchev–Trinajstić information content (AvgIpc) is 3.18. The summed E-state index contributed by atoms with van der Waals surface area (Å²) in [7, 11) is 1.68. The fraction of sp³-hybridized carbons (Fsp3) is 0.650. The minimum atomic E-state index is 0.579. The van der Waals surface area contributed by atoms with Gasteiger partial charge < -0.3 is 24.8 Å². The molecular formula is C20H33N3O3. The highest BCUT2D eigenvalue weighted by molar-refractivity contribution is 5.79. The highest BCUT2D eigenvalue weighted by atomic mass is 16.5. The van der Waals surface area contributed by atoms with Gasteiger partial charge in [0.1, 0.15) is 5.75 Å². The number of hydrogen-bond donors (Lipinski definition) is 2. The zero-order valence-electron chi connectivity index (χ0n) is 16.1. The summed E-state index contributed by atoms with van der Waals surface area (Å²) in [4.78, 5) is 4.61. The zero-order valence-corrected chi connectivity index (χ0v) is 16.1. The smallest absolute Gasteiger partial charge is 0.191 e. The van der Waals surface area contributed by atoms with Crippen molar-refractivity contribution in [2.45, 2.75) is 26.2 Å². The maximum Gasteiger partial charge on any atom is 0.191 e. The number of benzene rings is 1. The summed E-state index contributed by atoms with van der Waals surface area (Å²) in [5, 5.41) is 6.67. The van der Waals surface area contributed by atoms with Gasteiger partial charge in [-0.2, -0.15) is 0 Å². The molecule has 1 aromatic carbocycles. The van der Waals surface area contributed by atoms with Gasteiger partial charge in [-0.05, 0) is 43.9 Å². The molecule has 1 unspecified atom stereocenters. The lowest BCUT2D eigenvalue weighted by atomic mass is 10.1. The van der Waals surface area contributed by atoms with Crippen molar-refractivity contribution >= 4 is 5.96 Å². The Morgan fingerprint density at radius 3 is 2.81 bits per heavy atom. The molecule has 2 N–H and O–H groups in total. The third-order valence-electron chi connectivity index (χ3n) is 4.30. The Hall–Kier alpha value is -1.79. The Morgan fingerprint density at radius 1 is 1.27 bits per heavy atom. The van der Waals surface area contributed by atoms with E-state index in [0.29, 0.717) is 5.92 Å². The molecule has 6 heteroatoms. The largest absolute Gasteiger partial charge is 0.497 e. The lowest BCUT2D eigenvalue weighted by Gasteiger charge is -2.12. The molecule has 0 bridgehead atoms. The SMILES string of the molecule is CCNC(=NCCCOCC1CCOC1)NCCc1ccc(OC)cc1. The van der Waals surface area contributed by atoms with Crippen molar-refractivity contribution in [2.24, 2.45) is 10.9 Å². The lowest BCUT2D eigenvalue weighted by Crippen LogP contribution is -2.38. The van der Waals surface area contributed by atoms with Gasteiger partial charge in [0.25, 0.3) is 0 Å². The number of methoxy groups -OCH3 is 1. The van der Waals surface area contributed by atoms with E-state index in [4.69, 9.17) is 14.2 Å². The molecule has 1 saturated heterocycles. The third-order valence-corrected chi connectivity index (χ3v) is 4.30. The van der Waals surface area contributed by atoms with Gasteiger partial charge in [0.15, 0.2) is 5.96 Å². The van der Waals surface area contributed by atoms with Crippen LogP contribution in [-0.4, -0.2) is 59.1 Å². The molecule has 0 aliphatic carbocycles. The quantitative estimate of drug-likeness (QED) is 0.359. The van der Waals surface area contributed by atoms with Gasteiger partial charge in [0.2, 0.25) is 0 Å². The summed E-state index contributed by atoms with van der Waals surface area (Å²) in [5.74, 6) is 2.33. The van der Waals surface area contributed by atoms with Gasteiger partial charge in [-0.1, -0.05) is 12.1 Å². The van der Waals surface area contributed by atoms with E-state index < -0.39 is 0 Å². The first kappa shape index (κ1) is 20.5. The molecule has 1 atom stereocenters. The van der Waals surface area contributed by atoms with Crippen molar-refractivity contribution in [3.05, 3.63) is 29.8 Å². The normalized spacial score (nSPS) is 17.3. The average molecular weight is 364 g/mol. The molecule has 0 saturated carbocycles. The predicted octanol–water partition coefficient (Wildman–Crippen LogP) is 2.24. The maximum absolute atomic E-state index is 5.72. The van der Waals surface area contributed by atoms with Crippen LogP contribution in [0.15, 0.2) is 29.3 Å². The number of ether oxygens (including phenoxy) is 3. The van der Waals surface area contributed by atoms with E-state index in [-0.39, 0.29) is 0 Å². The van der Waals surface area contributed by atoms with E-state index in [2.05, 4.69) is 34.7 Å². The van der Waals surface area contributed by atoms with Crippen LogP contribution < -0.4 is 15.4 Å². The van der Waals surface area contributed by atoms with Crippen LogP contribution in [0.5, 0.6) is 5.75 Å². The Kier molecular flexibility index (Phi) is 9.90. The zero-order chi connectivity index (χ0) is 18.5. The number of rotatable bonds is 11. The molecule has 2 rings (SSSR count). The van der Waals surface area contributed by atoms with E-state index in [1.54, 1.807) is 7.11 Å². The maximum atomic E-state index is 5.72. The molecule has 0 aromatic heterocycles. The van der Waals surface area contributed by atoms with Gasteiger partial charge in [0, 0.05) is 38.8 Å². The van der Waals surface area contributed by atoms with Crippen molar-refractivity contribution in [1.82, 2.24) is 10.6 Å². The molecule has 6 nitrogen and oxygen atoms in total. The minimum Gasteiger partial charge on any atom is -0.497 e. The molecule has 1 fully saturated rings. The summed E-state index contributed by atoms with van der Waals surface area (Å²) in [6, 6.07) is 8.17. The van der Waals surface area contributed by atoms with Crippen LogP contribution >= 0.6 is 0 Å². The van der Waals surface area contributed by atoms with Crippen LogP contribution in [0.3, 0.4) is 0 Å². The van der Waals surface area contributed by atoms with Crippen LogP contribution in [0.2, 0.25) is 0 Å². The number of nitrogens with zero attached hydrogens (tertiary/aromatic N) is 1. The summed E-state index contributed by atoms with van der Waals surface area (Å²) in [6.07, 6.45) is 3.00. The van der Waals surface area contributed by atoms with Gasteiger partial charge in [0.05, 0.1) is 20.3 Å². The second-order valence-corrected chi connectivity index (χ2v) is 6.44. The summed E-state index contributed by atoms with van der Waals surface area (Å²) < 4.78 is 16.3. The van der Waals surface area contributed by atoms with Crippen LogP contribution in [0, 0.1) is 5.92 Å². The van der Waals surface area contributed by atoms with Crippen LogP contribution in [0.1, 0.15) is 25.3 Å². The van der Waals surface area contributed by atoms with Crippen molar-refractivity contribution in [1.29, 1.82) is 0 Å². The Balaban J connectivity index is 1.60. The van der Waals surface area contributed by atoms with Gasteiger partial charge in [-0.3, -0.25) is 4.99 Å². The first-order valence-electron chi connectivity index (χ1n) is 9.62. The lowest BCUT2D eigenvalue weighted by molar-refractivity contribution is 0.0893. The highest BCUT2D eigenvalue weighted by Crippen LogP contribution is 2.12. The monoisotopic (exact) mass is 363 g/mol. The van der Waals surface area contributed by atoms with Crippen LogP contribution in [-0.2, 0) is 15.9 Å².